The van der Waals surface area contributed by atoms with Gasteiger partial charge in [-0.15, -0.1) is 0 Å². The van der Waals surface area contributed by atoms with E-state index in [1.165, 1.54) is 31.2 Å². The van der Waals surface area contributed by atoms with Crippen LogP contribution in [0.1, 0.15) is 45.1 Å². The molecule has 0 spiro atoms. The molecule has 4 rings (SSSR count). The molecule has 14 heteroatoms. The molecule has 2 aromatic carbocycles. The van der Waals surface area contributed by atoms with Crippen LogP contribution >= 0.6 is 0 Å². The molecule has 0 bridgehead atoms. The first-order valence-corrected chi connectivity index (χ1v) is 12.6. The Labute approximate surface area is 231 Å². The van der Waals surface area contributed by atoms with Gasteiger partial charge in [0.05, 0.1) is 17.4 Å². The zero-order valence-corrected chi connectivity index (χ0v) is 22.2. The van der Waals surface area contributed by atoms with Crippen LogP contribution in [0.15, 0.2) is 48.8 Å². The number of hydrogen-bond donors (Lipinski definition) is 4. The minimum absolute atomic E-state index is 0.664. The van der Waals surface area contributed by atoms with Gasteiger partial charge in [0.25, 0.3) is 0 Å². The number of halogens is 6. The molecule has 41 heavy (non-hydrogen) atoms. The van der Waals surface area contributed by atoms with Crippen molar-refractivity contribution in [3.05, 3.63) is 54.4 Å². The van der Waals surface area contributed by atoms with Crippen LogP contribution in [0.4, 0.5) is 26.3 Å². The largest absolute Gasteiger partial charge is 0.490 e. The van der Waals surface area contributed by atoms with Gasteiger partial charge in [0.2, 0.25) is 0 Å². The SMILES string of the molecule is CC(C)C1CCC(NCc2ccc(Oc3ccc4nc[nH]c4c3)cc2)CC1.O=C(O)C(F)(F)F.O=C(O)C(F)(F)F. The summed E-state index contributed by atoms with van der Waals surface area (Å²) in [7, 11) is 0. The van der Waals surface area contributed by atoms with Crippen molar-refractivity contribution in [3.63, 3.8) is 0 Å². The van der Waals surface area contributed by atoms with Crippen LogP contribution in [0.5, 0.6) is 11.5 Å². The highest BCUT2D eigenvalue weighted by Gasteiger charge is 2.38. The van der Waals surface area contributed by atoms with Gasteiger partial charge >= 0.3 is 24.3 Å². The van der Waals surface area contributed by atoms with Gasteiger partial charge in [-0.2, -0.15) is 26.3 Å². The highest BCUT2D eigenvalue weighted by molar-refractivity contribution is 5.76. The number of H-pyrrole nitrogens is 1. The number of nitrogens with one attached hydrogen (secondary N) is 2. The summed E-state index contributed by atoms with van der Waals surface area (Å²) in [6.07, 6.45) is -3.13. The first kappa shape index (κ1) is 33.4. The van der Waals surface area contributed by atoms with Crippen molar-refractivity contribution in [1.82, 2.24) is 15.3 Å². The Morgan fingerprint density at radius 3 is 1.93 bits per heavy atom. The molecule has 1 saturated carbocycles. The van der Waals surface area contributed by atoms with E-state index in [4.69, 9.17) is 24.5 Å². The van der Waals surface area contributed by atoms with Crippen LogP contribution in [0, 0.1) is 11.8 Å². The number of carboxylic acids is 2. The fourth-order valence-electron chi connectivity index (χ4n) is 4.04. The van der Waals surface area contributed by atoms with E-state index in [9.17, 15) is 26.3 Å². The number of hydrogen-bond acceptors (Lipinski definition) is 5. The normalized spacial score (nSPS) is 17.2. The number of carbonyl (C=O) groups is 2. The number of aromatic nitrogens is 2. The van der Waals surface area contributed by atoms with E-state index in [2.05, 4.69) is 41.3 Å². The fourth-order valence-corrected chi connectivity index (χ4v) is 4.04. The second-order valence-electron chi connectivity index (χ2n) is 9.67. The molecule has 226 valence electrons. The number of ether oxygens (including phenoxy) is 1. The van der Waals surface area contributed by atoms with Gasteiger partial charge in [-0.1, -0.05) is 26.0 Å². The van der Waals surface area contributed by atoms with E-state index in [1.807, 2.05) is 30.3 Å². The second kappa shape index (κ2) is 14.7. The van der Waals surface area contributed by atoms with Gasteiger partial charge in [0.15, 0.2) is 0 Å². The first-order chi connectivity index (χ1) is 19.1. The highest BCUT2D eigenvalue weighted by atomic mass is 19.4. The van der Waals surface area contributed by atoms with Crippen LogP contribution in [-0.2, 0) is 16.1 Å². The van der Waals surface area contributed by atoms with Gasteiger partial charge in [-0.25, -0.2) is 14.6 Å². The van der Waals surface area contributed by atoms with Gasteiger partial charge < -0.3 is 25.3 Å². The van der Waals surface area contributed by atoms with E-state index in [1.54, 1.807) is 6.33 Å². The fraction of sp³-hybridized carbons (Fsp3) is 0.444. The summed E-state index contributed by atoms with van der Waals surface area (Å²) in [6, 6.07) is 14.9. The first-order valence-electron chi connectivity index (χ1n) is 12.6. The molecule has 3 aromatic rings. The zero-order valence-electron chi connectivity index (χ0n) is 22.2. The summed E-state index contributed by atoms with van der Waals surface area (Å²) in [5, 5.41) is 18.0. The van der Waals surface area contributed by atoms with Crippen LogP contribution in [-0.4, -0.2) is 50.5 Å². The third kappa shape index (κ3) is 11.7. The number of rotatable bonds is 6. The molecule has 1 heterocycles. The van der Waals surface area contributed by atoms with Gasteiger partial charge in [-0.05, 0) is 67.3 Å². The van der Waals surface area contributed by atoms with Gasteiger partial charge in [0.1, 0.15) is 11.5 Å². The van der Waals surface area contributed by atoms with Crippen LogP contribution in [0.2, 0.25) is 0 Å². The standard InChI is InChI=1S/C23H29N3O.2C2HF3O2/c1-16(2)18-5-7-19(8-6-18)24-14-17-3-9-20(10-4-17)27-21-11-12-22-23(13-21)26-15-25-22;2*3-2(4,5)1(6)7/h3-4,9-13,15-16,18-19,24H,5-8,14H2,1-2H3,(H,25,26);2*(H,6,7). The average Bonchev–Trinajstić information content (AvgIpc) is 3.36. The molecule has 0 unspecified atom stereocenters. The Balaban J connectivity index is 0.000000349. The monoisotopic (exact) mass is 591 g/mol. The van der Waals surface area contributed by atoms with Crippen molar-refractivity contribution in [2.24, 2.45) is 11.8 Å². The Bertz CT molecular complexity index is 1230. The molecule has 0 radical (unpaired) electrons. The molecule has 1 fully saturated rings. The van der Waals surface area contributed by atoms with Crippen LogP contribution < -0.4 is 10.1 Å². The second-order valence-corrected chi connectivity index (χ2v) is 9.67. The lowest BCUT2D eigenvalue weighted by molar-refractivity contribution is -0.193. The van der Waals surface area contributed by atoms with Crippen molar-refractivity contribution in [2.75, 3.05) is 0 Å². The van der Waals surface area contributed by atoms with Crippen LogP contribution in [0.25, 0.3) is 11.0 Å². The number of benzene rings is 2. The number of aliphatic carboxylic acids is 2. The molecule has 0 aliphatic heterocycles. The minimum Gasteiger partial charge on any atom is -0.475 e. The molecule has 0 atom stereocenters. The maximum atomic E-state index is 10.6. The van der Waals surface area contributed by atoms with Crippen LogP contribution in [0.3, 0.4) is 0 Å². The summed E-state index contributed by atoms with van der Waals surface area (Å²) < 4.78 is 69.4. The topological polar surface area (TPSA) is 125 Å². The summed E-state index contributed by atoms with van der Waals surface area (Å²) in [6.45, 7) is 5.64. The predicted octanol–water partition coefficient (Wildman–Crippen LogP) is 6.93. The maximum absolute atomic E-state index is 10.6. The molecular weight excluding hydrogens is 560 g/mol. The third-order valence-electron chi connectivity index (χ3n) is 6.35. The van der Waals surface area contributed by atoms with E-state index < -0.39 is 24.3 Å². The van der Waals surface area contributed by atoms with Crippen molar-refractivity contribution in [3.8, 4) is 11.5 Å². The Kier molecular flexibility index (Phi) is 12.0. The molecule has 8 nitrogen and oxygen atoms in total. The lowest BCUT2D eigenvalue weighted by atomic mass is 9.80. The van der Waals surface area contributed by atoms with E-state index in [0.717, 1.165) is 40.9 Å². The molecular formula is C27H31F6N3O5. The predicted molar refractivity (Wildman–Crippen MR) is 137 cm³/mol. The van der Waals surface area contributed by atoms with Gasteiger partial charge in [0, 0.05) is 18.7 Å². The van der Waals surface area contributed by atoms with Crippen molar-refractivity contribution >= 4 is 23.0 Å². The van der Waals surface area contributed by atoms with E-state index in [-0.39, 0.29) is 0 Å². The Hall–Kier alpha value is -3.81. The smallest absolute Gasteiger partial charge is 0.475 e. The van der Waals surface area contributed by atoms with E-state index in [0.29, 0.717) is 6.04 Å². The molecule has 1 aliphatic carbocycles. The number of alkyl halides is 6. The highest BCUT2D eigenvalue weighted by Crippen LogP contribution is 2.30. The lowest BCUT2D eigenvalue weighted by Gasteiger charge is -2.31. The number of nitrogens with zero attached hydrogens (tertiary/aromatic N) is 1. The van der Waals surface area contributed by atoms with Crippen molar-refractivity contribution < 1.29 is 50.9 Å². The van der Waals surface area contributed by atoms with Gasteiger partial charge in [-0.3, -0.25) is 0 Å². The van der Waals surface area contributed by atoms with E-state index >= 15 is 0 Å². The molecule has 4 N–H and O–H groups in total. The Morgan fingerprint density at radius 2 is 1.44 bits per heavy atom. The summed E-state index contributed by atoms with van der Waals surface area (Å²) in [5.74, 6) is -2.09. The zero-order chi connectivity index (χ0) is 30.8. The summed E-state index contributed by atoms with van der Waals surface area (Å²) >= 11 is 0. The van der Waals surface area contributed by atoms with Crippen molar-refractivity contribution in [2.45, 2.75) is 64.5 Å². The minimum atomic E-state index is -5.08. The van der Waals surface area contributed by atoms with Crippen molar-refractivity contribution in [1.29, 1.82) is 0 Å². The summed E-state index contributed by atoms with van der Waals surface area (Å²) in [5.41, 5.74) is 3.24. The molecule has 0 amide bonds. The lowest BCUT2D eigenvalue weighted by Crippen LogP contribution is -2.33. The number of imidazole rings is 1. The summed E-state index contributed by atoms with van der Waals surface area (Å²) in [4.78, 5) is 25.1. The average molecular weight is 592 g/mol. The maximum Gasteiger partial charge on any atom is 0.490 e. The molecule has 1 aliphatic rings. The molecule has 0 saturated heterocycles. The third-order valence-corrected chi connectivity index (χ3v) is 6.35. The number of fused-ring (bicyclic) bond motifs is 1. The number of carboxylic acid groups (broad SMARTS) is 2. The molecule has 1 aromatic heterocycles. The Morgan fingerprint density at radius 1 is 0.927 bits per heavy atom. The number of aromatic amines is 1. The quantitative estimate of drug-likeness (QED) is 0.229.